The summed E-state index contributed by atoms with van der Waals surface area (Å²) in [6, 6.07) is 5.16. The summed E-state index contributed by atoms with van der Waals surface area (Å²) in [6.07, 6.45) is -3.61. The van der Waals surface area contributed by atoms with Crippen LogP contribution in [0.2, 0.25) is 0 Å². The monoisotopic (exact) mass is 736 g/mol. The minimum absolute atomic E-state index is 0.0115. The van der Waals surface area contributed by atoms with Crippen LogP contribution in [0.5, 0.6) is 0 Å². The molecule has 1 aromatic carbocycles. The molecule has 0 saturated carbocycles. The molecule has 3 heterocycles. The van der Waals surface area contributed by atoms with Gasteiger partial charge >= 0.3 is 12.1 Å². The Morgan fingerprint density at radius 2 is 1.77 bits per heavy atom. The van der Waals surface area contributed by atoms with Gasteiger partial charge in [0.2, 0.25) is 0 Å². The zero-order valence-corrected chi connectivity index (χ0v) is 32.4. The molecule has 3 aliphatic heterocycles. The molecule has 294 valence electrons. The Morgan fingerprint density at radius 3 is 2.38 bits per heavy atom. The molecule has 14 heteroatoms. The van der Waals surface area contributed by atoms with E-state index in [1.165, 1.54) is 19.1 Å². The number of alkyl carbamates (subject to hydrolysis) is 1. The maximum Gasteiger partial charge on any atom is 0.408 e. The lowest BCUT2D eigenvalue weighted by molar-refractivity contribution is -0.297. The highest BCUT2D eigenvalue weighted by atomic mass is 19.1. The number of aliphatic hydroxyl groups is 1. The van der Waals surface area contributed by atoms with Gasteiger partial charge in [-0.2, -0.15) is 0 Å². The highest BCUT2D eigenvalue weighted by Crippen LogP contribution is 2.37. The highest BCUT2D eigenvalue weighted by molar-refractivity contribution is 6.00. The topological polar surface area (TPSA) is 157 Å². The van der Waals surface area contributed by atoms with Gasteiger partial charge < -0.3 is 49.6 Å². The number of rotatable bonds is 9. The second-order valence-corrected chi connectivity index (χ2v) is 15.7. The first-order valence-corrected chi connectivity index (χ1v) is 18.6. The molecule has 4 N–H and O–H groups in total. The maximum atomic E-state index is 14.3. The lowest BCUT2D eigenvalue weighted by Crippen LogP contribution is -2.60. The van der Waals surface area contributed by atoms with Crippen molar-refractivity contribution in [2.24, 2.45) is 17.8 Å². The first kappa shape index (κ1) is 42.0. The smallest absolute Gasteiger partial charge is 0.408 e. The molecule has 3 aliphatic rings. The summed E-state index contributed by atoms with van der Waals surface area (Å²) in [6.45, 7) is 14.1. The molecule has 0 aliphatic carbocycles. The molecule has 0 spiro atoms. The summed E-state index contributed by atoms with van der Waals surface area (Å²) in [7, 11) is 5.33. The van der Waals surface area contributed by atoms with Gasteiger partial charge in [0.05, 0.1) is 23.9 Å². The van der Waals surface area contributed by atoms with Crippen molar-refractivity contribution < 1.29 is 47.6 Å². The maximum absolute atomic E-state index is 14.3. The fraction of sp³-hybridized carbons (Fsp3) is 0.763. The number of hydrogen-bond donors (Lipinski definition) is 4. The molecular formula is C38H61FN4O9. The summed E-state index contributed by atoms with van der Waals surface area (Å²) in [4.78, 5) is 42.4. The van der Waals surface area contributed by atoms with E-state index in [0.717, 1.165) is 5.56 Å². The normalized spacial score (nSPS) is 39.6. The van der Waals surface area contributed by atoms with E-state index in [2.05, 4.69) is 22.9 Å². The van der Waals surface area contributed by atoms with Gasteiger partial charge in [0.1, 0.15) is 23.9 Å². The third-order valence-corrected chi connectivity index (χ3v) is 11.3. The first-order valence-electron chi connectivity index (χ1n) is 18.6. The standard InChI is InChI=1S/C38H61FN4O9/c1-11-29-38(7)32(42-36(47)52-38)24(5)41-18-21(2)17-37(6,48-10)33(22(3)30(44)23(4)34(46)50-29)51-35-31(45)28(43(8)9)16-27(49-35)20-40-19-25-12-14-26(39)15-13-25/h12-15,21-24,27-29,31-33,35,40-41,45H,11,16-20H2,1-10H3,(H,42,47)/t21-,22+,23?,24-,27+,28?,29-,31?,32-,33-,35+,37-,38-/m1/s1. The van der Waals surface area contributed by atoms with E-state index in [0.29, 0.717) is 38.9 Å². The Labute approximate surface area is 308 Å². The molecule has 0 radical (unpaired) electrons. The lowest BCUT2D eigenvalue weighted by atomic mass is 9.78. The number of ether oxygens (including phenoxy) is 5. The second-order valence-electron chi connectivity index (χ2n) is 15.7. The zero-order chi connectivity index (χ0) is 38.5. The van der Waals surface area contributed by atoms with Crippen LogP contribution in [-0.4, -0.2) is 122 Å². The van der Waals surface area contributed by atoms with Gasteiger partial charge in [0, 0.05) is 38.2 Å². The fourth-order valence-corrected chi connectivity index (χ4v) is 8.13. The van der Waals surface area contributed by atoms with E-state index >= 15 is 0 Å². The third kappa shape index (κ3) is 9.49. The summed E-state index contributed by atoms with van der Waals surface area (Å²) in [5.41, 5.74) is -1.34. The summed E-state index contributed by atoms with van der Waals surface area (Å²) >= 11 is 0. The average Bonchev–Trinajstić information content (AvgIpc) is 3.42. The van der Waals surface area contributed by atoms with Gasteiger partial charge in [-0.1, -0.05) is 32.9 Å². The summed E-state index contributed by atoms with van der Waals surface area (Å²) in [5, 5.41) is 21.4. The van der Waals surface area contributed by atoms with Gasteiger partial charge in [0.15, 0.2) is 17.7 Å². The molecule has 52 heavy (non-hydrogen) atoms. The van der Waals surface area contributed by atoms with E-state index in [-0.39, 0.29) is 29.9 Å². The number of amides is 1. The average molecular weight is 737 g/mol. The number of cyclic esters (lactones) is 1. The van der Waals surface area contributed by atoms with Gasteiger partial charge in [-0.05, 0) is 91.2 Å². The van der Waals surface area contributed by atoms with Gasteiger partial charge in [-0.3, -0.25) is 9.59 Å². The number of Topliss-reactive ketones (excluding diaryl/α,β-unsaturated/α-hetero) is 1. The van der Waals surface area contributed by atoms with Gasteiger partial charge in [-0.25, -0.2) is 9.18 Å². The second kappa shape index (κ2) is 17.6. The molecule has 1 amide bonds. The number of esters is 1. The predicted octanol–water partition coefficient (Wildman–Crippen LogP) is 3.16. The number of likely N-dealkylation sites (N-methyl/N-ethyl adjacent to an activating group) is 1. The number of halogens is 1. The van der Waals surface area contributed by atoms with Crippen molar-refractivity contribution in [2.75, 3.05) is 34.3 Å². The molecule has 0 aromatic heterocycles. The number of fused-ring (bicyclic) bond motifs is 1. The Balaban J connectivity index is 1.63. The van der Waals surface area contributed by atoms with Crippen LogP contribution >= 0.6 is 0 Å². The minimum atomic E-state index is -1.18. The van der Waals surface area contributed by atoms with E-state index in [4.69, 9.17) is 23.7 Å². The van der Waals surface area contributed by atoms with Crippen LogP contribution in [0.1, 0.15) is 73.3 Å². The predicted molar refractivity (Wildman–Crippen MR) is 192 cm³/mol. The Bertz CT molecular complexity index is 1370. The number of methoxy groups -OCH3 is 1. The number of aliphatic hydroxyl groups excluding tert-OH is 1. The number of carbonyl (C=O) groups is 3. The Kier molecular flexibility index (Phi) is 14.2. The van der Waals surface area contributed by atoms with Crippen LogP contribution in [0.3, 0.4) is 0 Å². The zero-order valence-electron chi connectivity index (χ0n) is 32.4. The van der Waals surface area contributed by atoms with Crippen molar-refractivity contribution in [3.05, 3.63) is 35.6 Å². The molecule has 1 aromatic rings. The van der Waals surface area contributed by atoms with Crippen molar-refractivity contribution >= 4 is 17.8 Å². The van der Waals surface area contributed by atoms with E-state index in [1.54, 1.807) is 33.1 Å². The Hall–Kier alpha value is -2.72. The lowest BCUT2D eigenvalue weighted by Gasteiger charge is -2.47. The van der Waals surface area contributed by atoms with Gasteiger partial charge in [-0.15, -0.1) is 0 Å². The molecule has 3 saturated heterocycles. The van der Waals surface area contributed by atoms with Crippen LogP contribution in [0.15, 0.2) is 24.3 Å². The van der Waals surface area contributed by atoms with Crippen molar-refractivity contribution in [1.29, 1.82) is 0 Å². The quantitative estimate of drug-likeness (QED) is 0.217. The van der Waals surface area contributed by atoms with Crippen LogP contribution in [0.4, 0.5) is 9.18 Å². The van der Waals surface area contributed by atoms with Gasteiger partial charge in [0.25, 0.3) is 0 Å². The van der Waals surface area contributed by atoms with Crippen molar-refractivity contribution in [2.45, 2.75) is 134 Å². The summed E-state index contributed by atoms with van der Waals surface area (Å²) < 4.78 is 44.5. The van der Waals surface area contributed by atoms with Crippen molar-refractivity contribution in [3.8, 4) is 0 Å². The largest absolute Gasteiger partial charge is 0.458 e. The van der Waals surface area contributed by atoms with Crippen molar-refractivity contribution in [1.82, 2.24) is 20.9 Å². The van der Waals surface area contributed by atoms with E-state index in [1.807, 2.05) is 39.8 Å². The van der Waals surface area contributed by atoms with Crippen LogP contribution in [-0.2, 0) is 39.8 Å². The SMILES string of the molecule is CC[C@H]1OC(=O)C(C)C(=O)[C@H](C)[C@@H](O[C@@H]2O[C@H](CNCc3ccc(F)cc3)CC(N(C)C)C2O)[C@](C)(OC)C[C@@H](C)CN[C@H](C)[C@H]2NC(=O)O[C@@]21C. The third-order valence-electron chi connectivity index (χ3n) is 11.3. The fourth-order valence-electron chi connectivity index (χ4n) is 8.13. The Morgan fingerprint density at radius 1 is 1.10 bits per heavy atom. The molecule has 13 nitrogen and oxygen atoms in total. The molecule has 0 bridgehead atoms. The molecule has 3 unspecified atom stereocenters. The van der Waals surface area contributed by atoms with Crippen LogP contribution in [0, 0.1) is 23.6 Å². The molecular weight excluding hydrogens is 675 g/mol. The first-order chi connectivity index (χ1) is 24.4. The van der Waals surface area contributed by atoms with Crippen LogP contribution in [0.25, 0.3) is 0 Å². The molecule has 13 atom stereocenters. The van der Waals surface area contributed by atoms with Crippen LogP contribution < -0.4 is 16.0 Å². The highest BCUT2D eigenvalue weighted by Gasteiger charge is 2.55. The number of hydrogen-bond acceptors (Lipinski definition) is 12. The number of benzene rings is 1. The number of carbonyl (C=O) groups excluding carboxylic acids is 3. The number of nitrogens with one attached hydrogen (secondary N) is 3. The molecule has 3 fully saturated rings. The van der Waals surface area contributed by atoms with E-state index in [9.17, 15) is 23.9 Å². The number of ketones is 1. The van der Waals surface area contributed by atoms with Crippen molar-refractivity contribution in [3.63, 3.8) is 0 Å². The molecule has 4 rings (SSSR count). The number of nitrogens with zero attached hydrogens (tertiary/aromatic N) is 1. The minimum Gasteiger partial charge on any atom is -0.458 e. The van der Waals surface area contributed by atoms with E-state index < -0.39 is 71.5 Å². The summed E-state index contributed by atoms with van der Waals surface area (Å²) in [5.74, 6) is -3.54.